The number of carbonyl (C=O) groups excluding carboxylic acids is 2. The first-order valence-electron chi connectivity index (χ1n) is 8.90. The highest BCUT2D eigenvalue weighted by molar-refractivity contribution is 7.08. The molecule has 0 saturated carbocycles. The van der Waals surface area contributed by atoms with Gasteiger partial charge < -0.3 is 15.5 Å². The number of rotatable bonds is 5. The van der Waals surface area contributed by atoms with Crippen LogP contribution in [-0.2, 0) is 4.79 Å². The van der Waals surface area contributed by atoms with E-state index < -0.39 is 0 Å². The van der Waals surface area contributed by atoms with Crippen molar-refractivity contribution in [3.63, 3.8) is 0 Å². The van der Waals surface area contributed by atoms with Crippen LogP contribution in [0.1, 0.15) is 18.4 Å². The SMILES string of the molecule is O=C(/C=C/c1ccsc1)NCC1CCN(C(=O)Nc2ccc(F)cc2)CC1. The van der Waals surface area contributed by atoms with Crippen molar-refractivity contribution >= 4 is 35.0 Å². The van der Waals surface area contributed by atoms with E-state index in [9.17, 15) is 14.0 Å². The summed E-state index contributed by atoms with van der Waals surface area (Å²) in [6.07, 6.45) is 5.03. The number of carbonyl (C=O) groups is 2. The third-order valence-corrected chi connectivity index (χ3v) is 5.23. The van der Waals surface area contributed by atoms with Gasteiger partial charge in [-0.15, -0.1) is 0 Å². The number of amides is 3. The zero-order chi connectivity index (χ0) is 19.1. The Morgan fingerprint density at radius 3 is 2.59 bits per heavy atom. The van der Waals surface area contributed by atoms with E-state index in [-0.39, 0.29) is 17.8 Å². The number of halogens is 1. The van der Waals surface area contributed by atoms with Crippen LogP contribution in [0.15, 0.2) is 47.2 Å². The Hall–Kier alpha value is -2.67. The van der Waals surface area contributed by atoms with Gasteiger partial charge in [0.25, 0.3) is 0 Å². The van der Waals surface area contributed by atoms with Gasteiger partial charge in [0, 0.05) is 31.4 Å². The van der Waals surface area contributed by atoms with E-state index in [0.717, 1.165) is 18.4 Å². The number of thiophene rings is 1. The lowest BCUT2D eigenvalue weighted by Crippen LogP contribution is -2.43. The molecular weight excluding hydrogens is 365 g/mol. The summed E-state index contributed by atoms with van der Waals surface area (Å²) in [7, 11) is 0. The van der Waals surface area contributed by atoms with Crippen LogP contribution >= 0.6 is 11.3 Å². The molecule has 7 heteroatoms. The van der Waals surface area contributed by atoms with Gasteiger partial charge in [-0.25, -0.2) is 9.18 Å². The minimum absolute atomic E-state index is 0.0994. The first kappa shape index (κ1) is 19.1. The van der Waals surface area contributed by atoms with Crippen molar-refractivity contribution < 1.29 is 14.0 Å². The first-order valence-corrected chi connectivity index (χ1v) is 9.84. The Bertz CT molecular complexity index is 782. The average Bonchev–Trinajstić information content (AvgIpc) is 3.20. The maximum atomic E-state index is 12.9. The molecule has 0 bridgehead atoms. The minimum atomic E-state index is -0.332. The predicted octanol–water partition coefficient (Wildman–Crippen LogP) is 3.96. The molecule has 1 fully saturated rings. The van der Waals surface area contributed by atoms with Crippen LogP contribution < -0.4 is 10.6 Å². The quantitative estimate of drug-likeness (QED) is 0.763. The number of benzene rings is 1. The summed E-state index contributed by atoms with van der Waals surface area (Å²) in [6, 6.07) is 7.50. The number of nitrogens with zero attached hydrogens (tertiary/aromatic N) is 1. The molecule has 142 valence electrons. The summed E-state index contributed by atoms with van der Waals surface area (Å²) in [5.74, 6) is -0.0722. The van der Waals surface area contributed by atoms with Gasteiger partial charge in [0.05, 0.1) is 0 Å². The lowest BCUT2D eigenvalue weighted by molar-refractivity contribution is -0.116. The summed E-state index contributed by atoms with van der Waals surface area (Å²) < 4.78 is 12.9. The highest BCUT2D eigenvalue weighted by Crippen LogP contribution is 2.18. The van der Waals surface area contributed by atoms with Gasteiger partial charge in [0.15, 0.2) is 0 Å². The molecule has 1 aromatic carbocycles. The fraction of sp³-hybridized carbons (Fsp3) is 0.300. The van der Waals surface area contributed by atoms with Gasteiger partial charge in [-0.1, -0.05) is 0 Å². The second-order valence-corrected chi connectivity index (χ2v) is 7.28. The minimum Gasteiger partial charge on any atom is -0.352 e. The van der Waals surface area contributed by atoms with Crippen LogP contribution in [0.25, 0.3) is 6.08 Å². The molecule has 1 aromatic heterocycles. The van der Waals surface area contributed by atoms with E-state index in [1.165, 1.54) is 12.1 Å². The van der Waals surface area contributed by atoms with Gasteiger partial charge in [-0.3, -0.25) is 4.79 Å². The third-order valence-electron chi connectivity index (χ3n) is 4.53. The molecule has 1 saturated heterocycles. The average molecular weight is 387 g/mol. The maximum absolute atomic E-state index is 12.9. The largest absolute Gasteiger partial charge is 0.352 e. The van der Waals surface area contributed by atoms with Gasteiger partial charge in [0.2, 0.25) is 5.91 Å². The topological polar surface area (TPSA) is 61.4 Å². The molecule has 27 heavy (non-hydrogen) atoms. The Kier molecular flexibility index (Phi) is 6.59. The monoisotopic (exact) mass is 387 g/mol. The summed E-state index contributed by atoms with van der Waals surface area (Å²) in [5, 5.41) is 9.66. The summed E-state index contributed by atoms with van der Waals surface area (Å²) >= 11 is 1.59. The van der Waals surface area contributed by atoms with Crippen LogP contribution in [0.5, 0.6) is 0 Å². The maximum Gasteiger partial charge on any atom is 0.321 e. The normalized spacial score (nSPS) is 15.1. The van der Waals surface area contributed by atoms with Crippen molar-refractivity contribution in [1.82, 2.24) is 10.2 Å². The smallest absolute Gasteiger partial charge is 0.321 e. The molecule has 0 spiro atoms. The van der Waals surface area contributed by atoms with E-state index in [4.69, 9.17) is 0 Å². The highest BCUT2D eigenvalue weighted by atomic mass is 32.1. The number of anilines is 1. The molecule has 2 aromatic rings. The molecular formula is C20H22FN3O2S. The molecule has 3 amide bonds. The fourth-order valence-electron chi connectivity index (χ4n) is 2.92. The molecule has 0 atom stereocenters. The van der Waals surface area contributed by atoms with Crippen molar-refractivity contribution in [1.29, 1.82) is 0 Å². The zero-order valence-electron chi connectivity index (χ0n) is 14.9. The molecule has 0 unspecified atom stereocenters. The van der Waals surface area contributed by atoms with Gasteiger partial charge >= 0.3 is 6.03 Å². The van der Waals surface area contributed by atoms with Crippen molar-refractivity contribution in [2.75, 3.05) is 25.0 Å². The zero-order valence-corrected chi connectivity index (χ0v) is 15.7. The van der Waals surface area contributed by atoms with Gasteiger partial charge in [0.1, 0.15) is 5.82 Å². The number of nitrogens with one attached hydrogen (secondary N) is 2. The second kappa shape index (κ2) is 9.32. The molecule has 1 aliphatic heterocycles. The van der Waals surface area contributed by atoms with Crippen LogP contribution in [0.4, 0.5) is 14.9 Å². The van der Waals surface area contributed by atoms with Crippen molar-refractivity contribution in [2.45, 2.75) is 12.8 Å². The van der Waals surface area contributed by atoms with E-state index in [0.29, 0.717) is 31.2 Å². The van der Waals surface area contributed by atoms with Crippen LogP contribution in [0, 0.1) is 11.7 Å². The number of urea groups is 1. The lowest BCUT2D eigenvalue weighted by atomic mass is 9.97. The highest BCUT2D eigenvalue weighted by Gasteiger charge is 2.23. The van der Waals surface area contributed by atoms with Crippen molar-refractivity contribution in [2.24, 2.45) is 5.92 Å². The van der Waals surface area contributed by atoms with Crippen LogP contribution in [0.3, 0.4) is 0 Å². The fourth-order valence-corrected chi connectivity index (χ4v) is 3.55. The van der Waals surface area contributed by atoms with E-state index in [1.807, 2.05) is 16.8 Å². The molecule has 2 N–H and O–H groups in total. The number of piperidine rings is 1. The van der Waals surface area contributed by atoms with Crippen molar-refractivity contribution in [3.8, 4) is 0 Å². The molecule has 0 radical (unpaired) electrons. The molecule has 3 rings (SSSR count). The number of likely N-dealkylation sites (tertiary alicyclic amines) is 1. The molecule has 5 nitrogen and oxygen atoms in total. The summed E-state index contributed by atoms with van der Waals surface area (Å²) in [4.78, 5) is 25.9. The van der Waals surface area contributed by atoms with Gasteiger partial charge in [-0.05, 0) is 71.5 Å². The summed E-state index contributed by atoms with van der Waals surface area (Å²) in [6.45, 7) is 1.89. The standard InChI is InChI=1S/C20H22FN3O2S/c21-17-2-4-18(5-3-17)23-20(26)24-10-7-15(8-11-24)13-22-19(25)6-1-16-9-12-27-14-16/h1-6,9,12,14-15H,7-8,10-11,13H2,(H,22,25)(H,23,26)/b6-1+. The Balaban J connectivity index is 1.37. The van der Waals surface area contributed by atoms with Crippen LogP contribution in [0.2, 0.25) is 0 Å². The molecule has 0 aliphatic carbocycles. The number of hydrogen-bond donors (Lipinski definition) is 2. The Morgan fingerprint density at radius 2 is 1.93 bits per heavy atom. The second-order valence-electron chi connectivity index (χ2n) is 6.50. The van der Waals surface area contributed by atoms with Crippen molar-refractivity contribution in [3.05, 3.63) is 58.5 Å². The Morgan fingerprint density at radius 1 is 1.19 bits per heavy atom. The third kappa shape index (κ3) is 5.92. The first-order chi connectivity index (χ1) is 13.1. The van der Waals surface area contributed by atoms with Crippen LogP contribution in [-0.4, -0.2) is 36.5 Å². The van der Waals surface area contributed by atoms with E-state index >= 15 is 0 Å². The molecule has 1 aliphatic rings. The number of hydrogen-bond acceptors (Lipinski definition) is 3. The lowest BCUT2D eigenvalue weighted by Gasteiger charge is -2.32. The predicted molar refractivity (Wildman–Crippen MR) is 106 cm³/mol. The summed E-state index contributed by atoms with van der Waals surface area (Å²) in [5.41, 5.74) is 1.60. The van der Waals surface area contributed by atoms with Gasteiger partial charge in [-0.2, -0.15) is 11.3 Å². The molecule has 2 heterocycles. The Labute approximate surface area is 161 Å². The van der Waals surface area contributed by atoms with E-state index in [2.05, 4.69) is 10.6 Å². The van der Waals surface area contributed by atoms with E-state index in [1.54, 1.807) is 40.5 Å².